The van der Waals surface area contributed by atoms with E-state index in [2.05, 4.69) is 40.5 Å². The molecule has 2 unspecified atom stereocenters. The first kappa shape index (κ1) is 40.2. The maximum atomic E-state index is 11.5. The summed E-state index contributed by atoms with van der Waals surface area (Å²) in [6.07, 6.45) is 7.08. The van der Waals surface area contributed by atoms with Crippen molar-refractivity contribution in [1.82, 2.24) is 29.9 Å². The average Bonchev–Trinajstić information content (AvgIpc) is 3.81. The Morgan fingerprint density at radius 3 is 1.35 bits per heavy atom. The van der Waals surface area contributed by atoms with Crippen LogP contribution in [0.4, 0.5) is 23.0 Å². The van der Waals surface area contributed by atoms with E-state index < -0.39 is 11.2 Å². The molecule has 302 valence electrons. The molecule has 0 radical (unpaired) electrons. The zero-order chi connectivity index (χ0) is 41.7. The lowest BCUT2D eigenvalue weighted by Crippen LogP contribution is -2.29. The van der Waals surface area contributed by atoms with Gasteiger partial charge in [-0.1, -0.05) is 83.3 Å². The summed E-state index contributed by atoms with van der Waals surface area (Å²) in [7, 11) is 0. The second-order valence-corrected chi connectivity index (χ2v) is 16.9. The molecule has 0 saturated carbocycles. The van der Waals surface area contributed by atoms with Crippen LogP contribution in [0.2, 0.25) is 0 Å². The van der Waals surface area contributed by atoms with E-state index in [1.807, 2.05) is 98.8 Å². The second kappa shape index (κ2) is 17.3. The summed E-state index contributed by atoms with van der Waals surface area (Å²) in [5.74, 6) is 2.36. The van der Waals surface area contributed by atoms with Crippen LogP contribution in [0.15, 0.2) is 134 Å². The first-order valence-corrected chi connectivity index (χ1v) is 20.9. The van der Waals surface area contributed by atoms with Crippen LogP contribution in [0, 0.1) is 13.8 Å². The van der Waals surface area contributed by atoms with Gasteiger partial charge >= 0.3 is 0 Å². The van der Waals surface area contributed by atoms with E-state index in [-0.39, 0.29) is 12.8 Å². The number of thiazole rings is 2. The number of hydrogen-bond acceptors (Lipinski definition) is 14. The molecule has 12 nitrogen and oxygen atoms in total. The molecule has 0 aliphatic rings. The van der Waals surface area contributed by atoms with Crippen molar-refractivity contribution in [3.63, 3.8) is 0 Å². The van der Waals surface area contributed by atoms with Crippen molar-refractivity contribution in [2.45, 2.75) is 51.7 Å². The van der Waals surface area contributed by atoms with Crippen LogP contribution in [0.1, 0.15) is 48.1 Å². The fourth-order valence-electron chi connectivity index (χ4n) is 6.42. The van der Waals surface area contributed by atoms with Gasteiger partial charge in [-0.2, -0.15) is 0 Å². The van der Waals surface area contributed by atoms with E-state index in [4.69, 9.17) is 9.47 Å². The van der Waals surface area contributed by atoms with Crippen molar-refractivity contribution in [1.29, 1.82) is 0 Å². The number of nitrogens with zero attached hydrogens (tertiary/aromatic N) is 6. The third-order valence-electron chi connectivity index (χ3n) is 9.66. The van der Waals surface area contributed by atoms with E-state index in [1.54, 1.807) is 62.9 Å². The minimum Gasteiger partial charge on any atom is -0.444 e. The maximum absolute atomic E-state index is 11.5. The van der Waals surface area contributed by atoms with Crippen LogP contribution >= 0.6 is 22.7 Å². The number of ether oxygens (including phenoxy) is 2. The summed E-state index contributed by atoms with van der Waals surface area (Å²) in [4.78, 5) is 27.4. The number of nitrogens with one attached hydrogen (secondary N) is 2. The van der Waals surface area contributed by atoms with Crippen molar-refractivity contribution in [3.8, 4) is 44.1 Å². The summed E-state index contributed by atoms with van der Waals surface area (Å²) in [6, 6.07) is 34.3. The van der Waals surface area contributed by atoms with E-state index in [9.17, 15) is 10.2 Å². The highest BCUT2D eigenvalue weighted by atomic mass is 32.1. The molecule has 0 aliphatic carbocycles. The van der Waals surface area contributed by atoms with Gasteiger partial charge in [-0.05, 0) is 76.9 Å². The number of anilines is 4. The quantitative estimate of drug-likeness (QED) is 0.0775. The second-order valence-electron chi connectivity index (χ2n) is 14.6. The SMILES string of the molecule is Cc1nc(-c2ccccc2)c(Oc2ccnc(Nc3ccc(C(C)(O)CCC(C)(O)c4ccc(Nc5cc(Oc6sc(C)nc6-c6ccccc6)ccn5)cn4)nc3)c2)s1. The van der Waals surface area contributed by atoms with Gasteiger partial charge in [-0.3, -0.25) is 9.97 Å². The van der Waals surface area contributed by atoms with Crippen molar-refractivity contribution in [2.24, 2.45) is 0 Å². The molecule has 0 saturated heterocycles. The molecule has 0 amide bonds. The third-order valence-corrected chi connectivity index (χ3v) is 11.4. The summed E-state index contributed by atoms with van der Waals surface area (Å²) in [5.41, 5.74) is 3.22. The summed E-state index contributed by atoms with van der Waals surface area (Å²) >= 11 is 2.97. The molecule has 0 fully saturated rings. The molecule has 8 rings (SSSR count). The molecule has 60 heavy (non-hydrogen) atoms. The first-order valence-electron chi connectivity index (χ1n) is 19.2. The Morgan fingerprint density at radius 1 is 0.550 bits per heavy atom. The van der Waals surface area contributed by atoms with Crippen LogP contribution < -0.4 is 20.1 Å². The molecule has 4 N–H and O–H groups in total. The highest BCUT2D eigenvalue weighted by molar-refractivity contribution is 7.14. The van der Waals surface area contributed by atoms with Gasteiger partial charge in [0.05, 0.1) is 45.2 Å². The maximum Gasteiger partial charge on any atom is 0.208 e. The Hall–Kier alpha value is -6.58. The van der Waals surface area contributed by atoms with Gasteiger partial charge in [0.1, 0.15) is 45.7 Å². The third kappa shape index (κ3) is 9.64. The van der Waals surface area contributed by atoms with Gasteiger partial charge in [0, 0.05) is 35.7 Å². The molecule has 8 aromatic rings. The lowest BCUT2D eigenvalue weighted by molar-refractivity contribution is -0.0119. The monoisotopic (exact) mass is 834 g/mol. The van der Waals surface area contributed by atoms with Gasteiger partial charge in [0.15, 0.2) is 0 Å². The Morgan fingerprint density at radius 2 is 0.967 bits per heavy atom. The predicted molar refractivity (Wildman–Crippen MR) is 237 cm³/mol. The lowest BCUT2D eigenvalue weighted by atomic mass is 9.87. The number of aromatic nitrogens is 6. The average molecular weight is 835 g/mol. The standard InChI is InChI=1S/C46H42N8O4S2/c1-29-51-41(31-11-7-5-8-12-31)43(59-29)57-35-19-23-47-39(25-35)53-33-15-17-37(49-27-33)45(3,55)21-22-46(4,56)38-18-16-34(28-50-38)54-40-26-36(20-24-48-40)58-44-42(52-30(2)60-44)32-13-9-6-10-14-32/h5-20,23-28,55-56H,21-22H2,1-4H3,(H,47,53)(H,48,54). The molecule has 0 aliphatic heterocycles. The van der Waals surface area contributed by atoms with Crippen molar-refractivity contribution in [2.75, 3.05) is 10.6 Å². The van der Waals surface area contributed by atoms with E-state index in [0.717, 1.165) is 32.5 Å². The molecule has 0 spiro atoms. The number of benzene rings is 2. The fraction of sp³-hybridized carbons (Fsp3) is 0.174. The van der Waals surface area contributed by atoms with Gasteiger partial charge < -0.3 is 30.3 Å². The summed E-state index contributed by atoms with van der Waals surface area (Å²) < 4.78 is 12.5. The molecule has 0 bridgehead atoms. The number of hydrogen-bond donors (Lipinski definition) is 4. The van der Waals surface area contributed by atoms with E-state index >= 15 is 0 Å². The molecule has 14 heteroatoms. The van der Waals surface area contributed by atoms with Gasteiger partial charge in [-0.15, -0.1) is 0 Å². The molecule has 2 atom stereocenters. The number of rotatable bonds is 15. The van der Waals surface area contributed by atoms with Crippen LogP contribution in [0.3, 0.4) is 0 Å². The molecule has 6 heterocycles. The lowest BCUT2D eigenvalue weighted by Gasteiger charge is -2.29. The van der Waals surface area contributed by atoms with Crippen LogP contribution in [0.25, 0.3) is 22.5 Å². The Kier molecular flexibility index (Phi) is 11.6. The highest BCUT2D eigenvalue weighted by Crippen LogP contribution is 2.40. The largest absolute Gasteiger partial charge is 0.444 e. The number of pyridine rings is 4. The van der Waals surface area contributed by atoms with Crippen molar-refractivity contribution >= 4 is 45.7 Å². The predicted octanol–water partition coefficient (Wildman–Crippen LogP) is 11.1. The Labute approximate surface area is 355 Å². The molecule has 2 aromatic carbocycles. The first-order chi connectivity index (χ1) is 29.0. The minimum absolute atomic E-state index is 0.229. The van der Waals surface area contributed by atoms with E-state index in [1.165, 1.54) is 22.7 Å². The molecular weight excluding hydrogens is 793 g/mol. The van der Waals surface area contributed by atoms with Crippen molar-refractivity contribution in [3.05, 3.63) is 155 Å². The van der Waals surface area contributed by atoms with Gasteiger partial charge in [-0.25, -0.2) is 19.9 Å². The minimum atomic E-state index is -1.32. The fourth-order valence-corrected chi connectivity index (χ4v) is 8.03. The number of aryl methyl sites for hydroxylation is 2. The summed E-state index contributed by atoms with van der Waals surface area (Å²) in [5, 5.41) is 32.7. The normalized spacial score (nSPS) is 13.2. The zero-order valence-corrected chi connectivity index (χ0v) is 35.0. The topological polar surface area (TPSA) is 160 Å². The van der Waals surface area contributed by atoms with Gasteiger partial charge in [0.25, 0.3) is 0 Å². The Balaban J connectivity index is 0.859. The van der Waals surface area contributed by atoms with Gasteiger partial charge in [0.2, 0.25) is 10.1 Å². The van der Waals surface area contributed by atoms with E-state index in [0.29, 0.717) is 56.0 Å². The highest BCUT2D eigenvalue weighted by Gasteiger charge is 2.32. The van der Waals surface area contributed by atoms with Crippen LogP contribution in [-0.2, 0) is 11.2 Å². The molecule has 6 aromatic heterocycles. The zero-order valence-electron chi connectivity index (χ0n) is 33.3. The van der Waals surface area contributed by atoms with Crippen LogP contribution in [0.5, 0.6) is 21.6 Å². The molecular formula is C46H42N8O4S2. The number of aliphatic hydroxyl groups is 2. The van der Waals surface area contributed by atoms with Crippen LogP contribution in [-0.4, -0.2) is 40.1 Å². The smallest absolute Gasteiger partial charge is 0.208 e. The Bertz CT molecular complexity index is 2500. The van der Waals surface area contributed by atoms with Crippen molar-refractivity contribution < 1.29 is 19.7 Å². The summed E-state index contributed by atoms with van der Waals surface area (Å²) in [6.45, 7) is 7.29.